The van der Waals surface area contributed by atoms with Crippen LogP contribution in [0.1, 0.15) is 37.2 Å². The van der Waals surface area contributed by atoms with E-state index in [0.717, 1.165) is 36.5 Å². The number of benzene rings is 1. The zero-order valence-electron chi connectivity index (χ0n) is 13.5. The molecule has 0 aliphatic carbocycles. The van der Waals surface area contributed by atoms with Crippen LogP contribution in [0.25, 0.3) is 11.0 Å². The largest absolute Gasteiger partial charge is 0.326 e. The summed E-state index contributed by atoms with van der Waals surface area (Å²) in [5.74, 6) is 1.06. The fourth-order valence-electron chi connectivity index (χ4n) is 2.61. The van der Waals surface area contributed by atoms with Crippen molar-refractivity contribution in [2.24, 2.45) is 0 Å². The minimum atomic E-state index is 0.517. The van der Waals surface area contributed by atoms with Gasteiger partial charge in [0.15, 0.2) is 0 Å². The van der Waals surface area contributed by atoms with Crippen molar-refractivity contribution in [1.82, 2.24) is 14.5 Å². The van der Waals surface area contributed by atoms with Gasteiger partial charge in [0.2, 0.25) is 0 Å². The van der Waals surface area contributed by atoms with E-state index in [1.54, 1.807) is 0 Å². The fourth-order valence-corrected chi connectivity index (χ4v) is 2.61. The highest BCUT2D eigenvalue weighted by atomic mass is 15.2. The molecule has 4 nitrogen and oxygen atoms in total. The number of hydrogen-bond acceptors (Lipinski definition) is 3. The van der Waals surface area contributed by atoms with E-state index in [2.05, 4.69) is 55.4 Å². The van der Waals surface area contributed by atoms with Crippen molar-refractivity contribution < 1.29 is 0 Å². The van der Waals surface area contributed by atoms with Gasteiger partial charge in [-0.2, -0.15) is 5.26 Å². The molecule has 4 heteroatoms. The first-order valence-corrected chi connectivity index (χ1v) is 7.66. The Labute approximate surface area is 127 Å². The zero-order valence-corrected chi connectivity index (χ0v) is 13.5. The third-order valence-electron chi connectivity index (χ3n) is 4.15. The molecule has 1 heterocycles. The summed E-state index contributed by atoms with van der Waals surface area (Å²) in [5.41, 5.74) is 4.73. The molecule has 2 rings (SSSR count). The minimum Gasteiger partial charge on any atom is -0.326 e. The van der Waals surface area contributed by atoms with E-state index in [-0.39, 0.29) is 0 Å². The molecule has 0 saturated carbocycles. The third kappa shape index (κ3) is 3.25. The second-order valence-electron chi connectivity index (χ2n) is 5.47. The normalized spacial score (nSPS) is 11.2. The summed E-state index contributed by atoms with van der Waals surface area (Å²) in [5, 5.41) is 8.91. The van der Waals surface area contributed by atoms with E-state index >= 15 is 0 Å². The van der Waals surface area contributed by atoms with Crippen molar-refractivity contribution in [3.63, 3.8) is 0 Å². The maximum Gasteiger partial charge on any atom is 0.124 e. The van der Waals surface area contributed by atoms with Crippen LogP contribution in [-0.4, -0.2) is 27.5 Å². The second-order valence-corrected chi connectivity index (χ2v) is 5.47. The summed E-state index contributed by atoms with van der Waals surface area (Å²) < 4.78 is 2.21. The fraction of sp³-hybridized carbons (Fsp3) is 0.529. The van der Waals surface area contributed by atoms with E-state index in [9.17, 15) is 0 Å². The average Bonchev–Trinajstić information content (AvgIpc) is 2.79. The predicted octanol–water partition coefficient (Wildman–Crippen LogP) is 3.41. The molecule has 0 fully saturated rings. The second kappa shape index (κ2) is 6.73. The van der Waals surface area contributed by atoms with Crippen molar-refractivity contribution in [3.05, 3.63) is 29.1 Å². The van der Waals surface area contributed by atoms with Gasteiger partial charge < -0.3 is 4.57 Å². The van der Waals surface area contributed by atoms with Gasteiger partial charge in [0.1, 0.15) is 5.82 Å². The first-order valence-electron chi connectivity index (χ1n) is 7.66. The van der Waals surface area contributed by atoms with Crippen LogP contribution in [0, 0.1) is 25.2 Å². The van der Waals surface area contributed by atoms with Gasteiger partial charge in [0, 0.05) is 6.54 Å². The predicted molar refractivity (Wildman–Crippen MR) is 86.1 cm³/mol. The quantitative estimate of drug-likeness (QED) is 0.816. The van der Waals surface area contributed by atoms with Crippen LogP contribution in [0.4, 0.5) is 0 Å². The molecule has 0 amide bonds. The molecule has 1 aromatic heterocycles. The molecule has 0 bridgehead atoms. The molecule has 112 valence electrons. The molecule has 0 saturated heterocycles. The first kappa shape index (κ1) is 15.5. The van der Waals surface area contributed by atoms with Crippen LogP contribution in [-0.2, 0) is 13.1 Å². The van der Waals surface area contributed by atoms with Gasteiger partial charge in [0.25, 0.3) is 0 Å². The average molecular weight is 284 g/mol. The van der Waals surface area contributed by atoms with E-state index in [1.807, 2.05) is 0 Å². The lowest BCUT2D eigenvalue weighted by Crippen LogP contribution is -2.24. The molecular formula is C17H24N4. The van der Waals surface area contributed by atoms with Gasteiger partial charge in [-0.3, -0.25) is 4.90 Å². The van der Waals surface area contributed by atoms with Gasteiger partial charge >= 0.3 is 0 Å². The molecule has 0 atom stereocenters. The molecule has 2 aromatic rings. The van der Waals surface area contributed by atoms with E-state index in [0.29, 0.717) is 13.0 Å². The van der Waals surface area contributed by atoms with E-state index in [1.165, 1.54) is 11.1 Å². The maximum atomic E-state index is 8.91. The molecule has 0 aliphatic heterocycles. The number of nitriles is 1. The maximum absolute atomic E-state index is 8.91. The summed E-state index contributed by atoms with van der Waals surface area (Å²) in [6.07, 6.45) is 0.517. The summed E-state index contributed by atoms with van der Waals surface area (Å²) in [6.45, 7) is 12.1. The van der Waals surface area contributed by atoms with Crippen molar-refractivity contribution in [2.45, 2.75) is 47.2 Å². The lowest BCUT2D eigenvalue weighted by atomic mass is 10.1. The van der Waals surface area contributed by atoms with E-state index in [4.69, 9.17) is 10.2 Å². The SMILES string of the molecule is CCN(CC)Cc1nc2cc(C)c(C)cc2n1CCC#N. The molecule has 1 aromatic carbocycles. The number of hydrogen-bond donors (Lipinski definition) is 0. The van der Waals surface area contributed by atoms with Crippen LogP contribution in [0.2, 0.25) is 0 Å². The topological polar surface area (TPSA) is 44.9 Å². The molecule has 0 aliphatic rings. The first-order chi connectivity index (χ1) is 10.1. The number of nitrogens with zero attached hydrogens (tertiary/aromatic N) is 4. The van der Waals surface area contributed by atoms with Crippen LogP contribution < -0.4 is 0 Å². The number of fused-ring (bicyclic) bond motifs is 1. The number of aryl methyl sites for hydroxylation is 3. The van der Waals surface area contributed by atoms with Gasteiger partial charge in [-0.25, -0.2) is 4.98 Å². The zero-order chi connectivity index (χ0) is 15.4. The summed E-state index contributed by atoms with van der Waals surface area (Å²) in [6, 6.07) is 6.59. The van der Waals surface area contributed by atoms with Crippen LogP contribution in [0.3, 0.4) is 0 Å². The highest BCUT2D eigenvalue weighted by Gasteiger charge is 2.13. The number of aromatic nitrogens is 2. The summed E-state index contributed by atoms with van der Waals surface area (Å²) >= 11 is 0. The Morgan fingerprint density at radius 1 is 1.19 bits per heavy atom. The number of rotatable bonds is 6. The summed E-state index contributed by atoms with van der Waals surface area (Å²) in [7, 11) is 0. The lowest BCUT2D eigenvalue weighted by Gasteiger charge is -2.18. The highest BCUT2D eigenvalue weighted by Crippen LogP contribution is 2.22. The Morgan fingerprint density at radius 2 is 1.86 bits per heavy atom. The van der Waals surface area contributed by atoms with Crippen molar-refractivity contribution >= 4 is 11.0 Å². The van der Waals surface area contributed by atoms with Gasteiger partial charge in [-0.1, -0.05) is 13.8 Å². The minimum absolute atomic E-state index is 0.517. The van der Waals surface area contributed by atoms with Crippen molar-refractivity contribution in [1.29, 1.82) is 5.26 Å². The Hall–Kier alpha value is -1.86. The Kier molecular flexibility index (Phi) is 4.98. The summed E-state index contributed by atoms with van der Waals surface area (Å²) in [4.78, 5) is 7.17. The van der Waals surface area contributed by atoms with Crippen LogP contribution >= 0.6 is 0 Å². The molecule has 0 spiro atoms. The standard InChI is InChI=1S/C17H24N4/c1-5-20(6-2)12-17-19-15-10-13(3)14(4)11-16(15)21(17)9-7-8-18/h10-11H,5-7,9,12H2,1-4H3. The van der Waals surface area contributed by atoms with Crippen molar-refractivity contribution in [3.8, 4) is 6.07 Å². The molecule has 0 unspecified atom stereocenters. The van der Waals surface area contributed by atoms with Gasteiger partial charge in [-0.15, -0.1) is 0 Å². The molecule has 0 N–H and O–H groups in total. The molecule has 0 radical (unpaired) electrons. The molecular weight excluding hydrogens is 260 g/mol. The van der Waals surface area contributed by atoms with Gasteiger partial charge in [-0.05, 0) is 50.2 Å². The third-order valence-corrected chi connectivity index (χ3v) is 4.15. The Morgan fingerprint density at radius 3 is 2.48 bits per heavy atom. The van der Waals surface area contributed by atoms with Gasteiger partial charge in [0.05, 0.1) is 30.1 Å². The highest BCUT2D eigenvalue weighted by molar-refractivity contribution is 5.78. The van der Waals surface area contributed by atoms with E-state index < -0.39 is 0 Å². The Balaban J connectivity index is 2.49. The molecule has 21 heavy (non-hydrogen) atoms. The smallest absolute Gasteiger partial charge is 0.124 e. The lowest BCUT2D eigenvalue weighted by molar-refractivity contribution is 0.284. The van der Waals surface area contributed by atoms with Crippen LogP contribution in [0.15, 0.2) is 12.1 Å². The Bertz CT molecular complexity index is 659. The van der Waals surface area contributed by atoms with Crippen molar-refractivity contribution in [2.75, 3.05) is 13.1 Å². The monoisotopic (exact) mass is 284 g/mol. The number of imidazole rings is 1. The van der Waals surface area contributed by atoms with Crippen LogP contribution in [0.5, 0.6) is 0 Å².